The number of hydrogen-bond donors (Lipinski definition) is 1. The number of aryl methyl sites for hydroxylation is 1. The van der Waals surface area contributed by atoms with E-state index >= 15 is 0 Å². The molecule has 1 N–H and O–H groups in total. The van der Waals surface area contributed by atoms with Crippen LogP contribution in [0.2, 0.25) is 0 Å². The maximum Gasteiger partial charge on any atom is 0.130 e. The predicted octanol–water partition coefficient (Wildman–Crippen LogP) is 2.77. The van der Waals surface area contributed by atoms with E-state index in [1.54, 1.807) is 32.7 Å². The van der Waals surface area contributed by atoms with Crippen LogP contribution >= 0.6 is 11.3 Å². The standard InChI is InChI=1S/C15H20N2O3S/c1-10-9-21-15(17-10)8-16-7-12-13(19-3)5-11(18-2)6-14(12)20-4/h5-6,9,16H,7-8H2,1-4H3. The summed E-state index contributed by atoms with van der Waals surface area (Å²) in [6.45, 7) is 3.35. The topological polar surface area (TPSA) is 52.6 Å². The molecule has 1 aromatic heterocycles. The summed E-state index contributed by atoms with van der Waals surface area (Å²) < 4.78 is 16.1. The van der Waals surface area contributed by atoms with Gasteiger partial charge in [-0.3, -0.25) is 0 Å². The summed E-state index contributed by atoms with van der Waals surface area (Å²) in [4.78, 5) is 4.43. The summed E-state index contributed by atoms with van der Waals surface area (Å²) in [5.74, 6) is 2.20. The average molecular weight is 308 g/mol. The van der Waals surface area contributed by atoms with E-state index in [2.05, 4.69) is 10.3 Å². The van der Waals surface area contributed by atoms with Crippen LogP contribution in [0, 0.1) is 6.92 Å². The zero-order valence-electron chi connectivity index (χ0n) is 12.7. The molecule has 0 aliphatic carbocycles. The van der Waals surface area contributed by atoms with Gasteiger partial charge >= 0.3 is 0 Å². The number of ether oxygens (including phenoxy) is 3. The Morgan fingerprint density at radius 2 is 1.71 bits per heavy atom. The van der Waals surface area contributed by atoms with Crippen molar-refractivity contribution < 1.29 is 14.2 Å². The lowest BCUT2D eigenvalue weighted by Crippen LogP contribution is -2.14. The van der Waals surface area contributed by atoms with Gasteiger partial charge in [-0.2, -0.15) is 0 Å². The first-order valence-electron chi connectivity index (χ1n) is 6.58. The molecule has 114 valence electrons. The summed E-state index contributed by atoms with van der Waals surface area (Å²) in [6.07, 6.45) is 0. The van der Waals surface area contributed by atoms with Gasteiger partial charge in [-0.05, 0) is 6.92 Å². The number of rotatable bonds is 7. The van der Waals surface area contributed by atoms with Gasteiger partial charge in [-0.1, -0.05) is 0 Å². The molecule has 0 spiro atoms. The maximum absolute atomic E-state index is 5.42. The molecule has 0 saturated carbocycles. The van der Waals surface area contributed by atoms with Crippen molar-refractivity contribution in [2.45, 2.75) is 20.0 Å². The van der Waals surface area contributed by atoms with E-state index in [1.807, 2.05) is 24.4 Å². The molecule has 0 aliphatic rings. The van der Waals surface area contributed by atoms with Crippen molar-refractivity contribution in [1.82, 2.24) is 10.3 Å². The maximum atomic E-state index is 5.42. The van der Waals surface area contributed by atoms with Crippen molar-refractivity contribution in [2.24, 2.45) is 0 Å². The van der Waals surface area contributed by atoms with Crippen molar-refractivity contribution >= 4 is 11.3 Å². The van der Waals surface area contributed by atoms with E-state index in [0.29, 0.717) is 12.3 Å². The molecule has 1 heterocycles. The number of aromatic nitrogens is 1. The van der Waals surface area contributed by atoms with E-state index in [1.165, 1.54) is 0 Å². The Morgan fingerprint density at radius 3 is 2.19 bits per heavy atom. The minimum Gasteiger partial charge on any atom is -0.496 e. The Morgan fingerprint density at radius 1 is 1.05 bits per heavy atom. The van der Waals surface area contributed by atoms with Gasteiger partial charge in [-0.15, -0.1) is 11.3 Å². The second-order valence-electron chi connectivity index (χ2n) is 4.50. The molecule has 0 fully saturated rings. The molecule has 5 nitrogen and oxygen atoms in total. The third-order valence-corrected chi connectivity index (χ3v) is 4.03. The molecule has 0 unspecified atom stereocenters. The van der Waals surface area contributed by atoms with Gasteiger partial charge in [-0.25, -0.2) is 4.98 Å². The third kappa shape index (κ3) is 3.86. The van der Waals surface area contributed by atoms with Crippen LogP contribution in [-0.4, -0.2) is 26.3 Å². The minimum atomic E-state index is 0.634. The lowest BCUT2D eigenvalue weighted by molar-refractivity contribution is 0.366. The summed E-state index contributed by atoms with van der Waals surface area (Å²) >= 11 is 1.65. The van der Waals surface area contributed by atoms with Crippen LogP contribution in [0.3, 0.4) is 0 Å². The van der Waals surface area contributed by atoms with Gasteiger partial charge in [0.1, 0.15) is 22.3 Å². The van der Waals surface area contributed by atoms with Crippen molar-refractivity contribution in [2.75, 3.05) is 21.3 Å². The van der Waals surface area contributed by atoms with Crippen molar-refractivity contribution in [3.05, 3.63) is 33.8 Å². The molecule has 0 saturated heterocycles. The Kier molecular flexibility index (Phi) is 5.41. The average Bonchev–Trinajstić information content (AvgIpc) is 2.92. The van der Waals surface area contributed by atoms with Crippen LogP contribution in [0.1, 0.15) is 16.3 Å². The summed E-state index contributed by atoms with van der Waals surface area (Å²) in [5, 5.41) is 6.48. The van der Waals surface area contributed by atoms with Crippen molar-refractivity contribution in [3.63, 3.8) is 0 Å². The number of benzene rings is 1. The quantitative estimate of drug-likeness (QED) is 0.852. The largest absolute Gasteiger partial charge is 0.496 e. The number of nitrogens with one attached hydrogen (secondary N) is 1. The SMILES string of the molecule is COc1cc(OC)c(CNCc2nc(C)cs2)c(OC)c1. The molecule has 1 aromatic carbocycles. The van der Waals surface area contributed by atoms with Crippen molar-refractivity contribution in [3.8, 4) is 17.2 Å². The van der Waals surface area contributed by atoms with E-state index in [-0.39, 0.29) is 0 Å². The molecule has 0 bridgehead atoms. The van der Waals surface area contributed by atoms with Crippen LogP contribution in [0.25, 0.3) is 0 Å². The highest BCUT2D eigenvalue weighted by Crippen LogP contribution is 2.33. The summed E-state index contributed by atoms with van der Waals surface area (Å²) in [7, 11) is 4.90. The van der Waals surface area contributed by atoms with E-state index in [0.717, 1.165) is 34.3 Å². The molecule has 2 rings (SSSR count). The fourth-order valence-electron chi connectivity index (χ4n) is 2.03. The van der Waals surface area contributed by atoms with E-state index in [9.17, 15) is 0 Å². The minimum absolute atomic E-state index is 0.634. The van der Waals surface area contributed by atoms with Gasteiger partial charge < -0.3 is 19.5 Å². The number of hydrogen-bond acceptors (Lipinski definition) is 6. The zero-order chi connectivity index (χ0) is 15.2. The highest BCUT2D eigenvalue weighted by Gasteiger charge is 2.13. The molecule has 0 radical (unpaired) electrons. The highest BCUT2D eigenvalue weighted by atomic mass is 32.1. The Hall–Kier alpha value is -1.79. The number of thiazole rings is 1. The van der Waals surface area contributed by atoms with E-state index < -0.39 is 0 Å². The summed E-state index contributed by atoms with van der Waals surface area (Å²) in [6, 6.07) is 3.71. The lowest BCUT2D eigenvalue weighted by Gasteiger charge is -2.15. The molecular weight excluding hydrogens is 288 g/mol. The van der Waals surface area contributed by atoms with Gasteiger partial charge in [0.05, 0.1) is 26.9 Å². The molecular formula is C15H20N2O3S. The third-order valence-electron chi connectivity index (χ3n) is 3.06. The highest BCUT2D eigenvalue weighted by molar-refractivity contribution is 7.09. The van der Waals surface area contributed by atoms with Gasteiger partial charge in [0, 0.05) is 36.3 Å². The first-order chi connectivity index (χ1) is 10.2. The van der Waals surface area contributed by atoms with Crippen LogP contribution in [0.4, 0.5) is 0 Å². The lowest BCUT2D eigenvalue weighted by atomic mass is 10.1. The molecule has 21 heavy (non-hydrogen) atoms. The predicted molar refractivity (Wildman–Crippen MR) is 83.5 cm³/mol. The Bertz CT molecular complexity index is 573. The van der Waals surface area contributed by atoms with Crippen LogP contribution in [-0.2, 0) is 13.1 Å². The van der Waals surface area contributed by atoms with E-state index in [4.69, 9.17) is 14.2 Å². The second kappa shape index (κ2) is 7.28. The van der Waals surface area contributed by atoms with Crippen molar-refractivity contribution in [1.29, 1.82) is 0 Å². The Labute approximate surface area is 128 Å². The van der Waals surface area contributed by atoms with Gasteiger partial charge in [0.25, 0.3) is 0 Å². The second-order valence-corrected chi connectivity index (χ2v) is 5.44. The molecule has 0 atom stereocenters. The van der Waals surface area contributed by atoms with Crippen LogP contribution in [0.5, 0.6) is 17.2 Å². The molecule has 0 amide bonds. The fraction of sp³-hybridized carbons (Fsp3) is 0.400. The van der Waals surface area contributed by atoms with Crippen LogP contribution in [0.15, 0.2) is 17.5 Å². The molecule has 0 aliphatic heterocycles. The normalized spacial score (nSPS) is 10.5. The molecule has 2 aromatic rings. The fourth-order valence-corrected chi connectivity index (χ4v) is 2.77. The molecule has 6 heteroatoms. The first kappa shape index (κ1) is 15.6. The summed E-state index contributed by atoms with van der Waals surface area (Å²) in [5.41, 5.74) is 2.02. The Balaban J connectivity index is 2.10. The van der Waals surface area contributed by atoms with Gasteiger partial charge in [0.2, 0.25) is 0 Å². The number of nitrogens with zero attached hydrogens (tertiary/aromatic N) is 1. The zero-order valence-corrected chi connectivity index (χ0v) is 13.5. The van der Waals surface area contributed by atoms with Crippen LogP contribution < -0.4 is 19.5 Å². The van der Waals surface area contributed by atoms with Gasteiger partial charge in [0.15, 0.2) is 0 Å². The first-order valence-corrected chi connectivity index (χ1v) is 7.46. The smallest absolute Gasteiger partial charge is 0.130 e. The number of methoxy groups -OCH3 is 3. The monoisotopic (exact) mass is 308 g/mol.